The van der Waals surface area contributed by atoms with E-state index in [1.54, 1.807) is 4.90 Å². The lowest BCUT2D eigenvalue weighted by molar-refractivity contribution is -0.130. The number of alkyl halides is 1. The first-order valence-corrected chi connectivity index (χ1v) is 8.65. The van der Waals surface area contributed by atoms with E-state index in [4.69, 9.17) is 0 Å². The number of nitrogens with zero attached hydrogens (tertiary/aromatic N) is 1. The van der Waals surface area contributed by atoms with Crippen LogP contribution in [0.15, 0.2) is 0 Å². The van der Waals surface area contributed by atoms with Gasteiger partial charge in [0.25, 0.3) is 0 Å². The van der Waals surface area contributed by atoms with Gasteiger partial charge in [-0.05, 0) is 12.8 Å². The van der Waals surface area contributed by atoms with Crippen LogP contribution in [0.25, 0.3) is 0 Å². The lowest BCUT2D eigenvalue weighted by atomic mass is 10.1. The van der Waals surface area contributed by atoms with E-state index in [0.29, 0.717) is 6.54 Å². The molecule has 0 bridgehead atoms. The van der Waals surface area contributed by atoms with Crippen LogP contribution in [0, 0.1) is 0 Å². The number of halogens is 1. The highest BCUT2D eigenvalue weighted by molar-refractivity contribution is 9.09. The first-order valence-electron chi connectivity index (χ1n) is 5.47. The van der Waals surface area contributed by atoms with Crippen molar-refractivity contribution in [2.24, 2.45) is 0 Å². The molecule has 1 heterocycles. The minimum absolute atomic E-state index is 0.150. The second-order valence-electron chi connectivity index (χ2n) is 4.31. The number of carbonyl (C=O) groups excluding carboxylic acids is 1. The fourth-order valence-corrected chi connectivity index (χ4v) is 3.26. The summed E-state index contributed by atoms with van der Waals surface area (Å²) in [4.78, 5) is 13.6. The molecule has 1 atom stereocenters. The van der Waals surface area contributed by atoms with E-state index in [1.807, 2.05) is 0 Å². The predicted molar refractivity (Wildman–Crippen MR) is 67.5 cm³/mol. The molecule has 0 aromatic carbocycles. The summed E-state index contributed by atoms with van der Waals surface area (Å²) in [6.45, 7) is 0.685. The van der Waals surface area contributed by atoms with Crippen LogP contribution in [-0.2, 0) is 14.6 Å². The molecule has 6 heteroatoms. The number of amides is 1. The summed E-state index contributed by atoms with van der Waals surface area (Å²) in [6, 6.07) is 0.150. The topological polar surface area (TPSA) is 54.5 Å². The monoisotopic (exact) mass is 311 g/mol. The third kappa shape index (κ3) is 4.41. The number of likely N-dealkylation sites (tertiary alicyclic amines) is 1. The SMILES string of the molecule is CS(=O)(=O)CC(=O)N1CCCCCC1CBr. The van der Waals surface area contributed by atoms with Crippen molar-refractivity contribution >= 4 is 31.7 Å². The molecule has 4 nitrogen and oxygen atoms in total. The number of hydrogen-bond donors (Lipinski definition) is 0. The van der Waals surface area contributed by atoms with Crippen molar-refractivity contribution in [2.75, 3.05) is 23.9 Å². The standard InChI is InChI=1S/C10H18BrNO3S/c1-16(14,15)8-10(13)12-6-4-2-3-5-9(12)7-11/h9H,2-8H2,1H3. The number of sulfone groups is 1. The van der Waals surface area contributed by atoms with Crippen LogP contribution >= 0.6 is 15.9 Å². The fraction of sp³-hybridized carbons (Fsp3) is 0.900. The average molecular weight is 312 g/mol. The minimum atomic E-state index is -3.22. The van der Waals surface area contributed by atoms with E-state index < -0.39 is 9.84 Å². The molecule has 1 unspecified atom stereocenters. The van der Waals surface area contributed by atoms with Crippen molar-refractivity contribution in [1.82, 2.24) is 4.90 Å². The smallest absolute Gasteiger partial charge is 0.238 e. The Labute approximate surface area is 105 Å². The number of carbonyl (C=O) groups is 1. The molecular weight excluding hydrogens is 294 g/mol. The minimum Gasteiger partial charge on any atom is -0.338 e. The Kier molecular flexibility index (Phi) is 5.24. The summed E-state index contributed by atoms with van der Waals surface area (Å²) < 4.78 is 22.2. The van der Waals surface area contributed by atoms with Crippen LogP contribution < -0.4 is 0 Å². The Morgan fingerprint density at radius 3 is 2.62 bits per heavy atom. The van der Waals surface area contributed by atoms with Crippen molar-refractivity contribution in [3.63, 3.8) is 0 Å². The molecule has 0 N–H and O–H groups in total. The van der Waals surface area contributed by atoms with Crippen molar-refractivity contribution in [1.29, 1.82) is 0 Å². The number of rotatable bonds is 3. The molecule has 0 saturated carbocycles. The summed E-state index contributed by atoms with van der Waals surface area (Å²) in [5.74, 6) is -0.620. The fourth-order valence-electron chi connectivity index (χ4n) is 1.97. The Morgan fingerprint density at radius 1 is 1.38 bits per heavy atom. The number of hydrogen-bond acceptors (Lipinski definition) is 3. The second-order valence-corrected chi connectivity index (χ2v) is 7.10. The molecule has 1 saturated heterocycles. The van der Waals surface area contributed by atoms with E-state index in [-0.39, 0.29) is 17.7 Å². The molecule has 1 aliphatic heterocycles. The van der Waals surface area contributed by atoms with Crippen molar-refractivity contribution in [3.05, 3.63) is 0 Å². The Balaban J connectivity index is 2.70. The van der Waals surface area contributed by atoms with Gasteiger partial charge in [0.2, 0.25) is 5.91 Å². The molecule has 1 rings (SSSR count). The zero-order valence-electron chi connectivity index (χ0n) is 9.49. The molecular formula is C10H18BrNO3S. The highest BCUT2D eigenvalue weighted by Crippen LogP contribution is 2.18. The lowest BCUT2D eigenvalue weighted by Crippen LogP contribution is -2.43. The lowest BCUT2D eigenvalue weighted by Gasteiger charge is -2.28. The molecule has 0 aromatic rings. The maximum Gasteiger partial charge on any atom is 0.238 e. The van der Waals surface area contributed by atoms with Gasteiger partial charge in [0.05, 0.1) is 0 Å². The molecule has 0 aromatic heterocycles. The van der Waals surface area contributed by atoms with Crippen molar-refractivity contribution < 1.29 is 13.2 Å². The first-order chi connectivity index (χ1) is 7.44. The van der Waals surface area contributed by atoms with Crippen molar-refractivity contribution in [3.8, 4) is 0 Å². The molecule has 94 valence electrons. The summed E-state index contributed by atoms with van der Waals surface area (Å²) in [7, 11) is -3.22. The van der Waals surface area contributed by atoms with E-state index in [9.17, 15) is 13.2 Å². The van der Waals surface area contributed by atoms with Crippen LogP contribution in [0.3, 0.4) is 0 Å². The molecule has 1 amide bonds. The quantitative estimate of drug-likeness (QED) is 0.736. The van der Waals surface area contributed by atoms with Gasteiger partial charge in [-0.3, -0.25) is 4.79 Å². The molecule has 16 heavy (non-hydrogen) atoms. The van der Waals surface area contributed by atoms with Gasteiger partial charge in [-0.2, -0.15) is 0 Å². The van der Waals surface area contributed by atoms with Crippen LogP contribution in [0.4, 0.5) is 0 Å². The van der Waals surface area contributed by atoms with E-state index in [0.717, 1.165) is 37.3 Å². The first kappa shape index (κ1) is 14.0. The summed E-state index contributed by atoms with van der Waals surface area (Å²) in [5, 5.41) is 0.725. The van der Waals surface area contributed by atoms with E-state index in [1.165, 1.54) is 0 Å². The molecule has 0 radical (unpaired) electrons. The Morgan fingerprint density at radius 2 is 2.06 bits per heavy atom. The van der Waals surface area contributed by atoms with Gasteiger partial charge in [-0.1, -0.05) is 28.8 Å². The average Bonchev–Trinajstić information content (AvgIpc) is 2.39. The summed E-state index contributed by atoms with van der Waals surface area (Å²) >= 11 is 3.39. The normalized spacial score (nSPS) is 22.9. The van der Waals surface area contributed by atoms with Gasteiger partial charge in [0, 0.05) is 24.2 Å². The third-order valence-corrected chi connectivity index (χ3v) is 4.28. The van der Waals surface area contributed by atoms with Gasteiger partial charge in [0.1, 0.15) is 5.75 Å². The molecule has 1 aliphatic rings. The largest absolute Gasteiger partial charge is 0.338 e. The van der Waals surface area contributed by atoms with Gasteiger partial charge in [-0.25, -0.2) is 8.42 Å². The summed E-state index contributed by atoms with van der Waals surface area (Å²) in [6.07, 6.45) is 5.26. The summed E-state index contributed by atoms with van der Waals surface area (Å²) in [5.41, 5.74) is 0. The Bertz CT molecular complexity index is 342. The molecule has 0 aliphatic carbocycles. The van der Waals surface area contributed by atoms with Crippen molar-refractivity contribution in [2.45, 2.75) is 31.7 Å². The highest BCUT2D eigenvalue weighted by Gasteiger charge is 2.26. The van der Waals surface area contributed by atoms with E-state index >= 15 is 0 Å². The van der Waals surface area contributed by atoms with Gasteiger partial charge in [-0.15, -0.1) is 0 Å². The maximum atomic E-state index is 11.9. The van der Waals surface area contributed by atoms with E-state index in [2.05, 4.69) is 15.9 Å². The molecule has 1 fully saturated rings. The highest BCUT2D eigenvalue weighted by atomic mass is 79.9. The Hall–Kier alpha value is -0.100. The predicted octanol–water partition coefficient (Wildman–Crippen LogP) is 1.20. The maximum absolute atomic E-state index is 11.9. The van der Waals surface area contributed by atoms with Crippen LogP contribution in [-0.4, -0.2) is 49.2 Å². The zero-order valence-corrected chi connectivity index (χ0v) is 11.9. The van der Waals surface area contributed by atoms with Gasteiger partial charge in [0.15, 0.2) is 9.84 Å². The second kappa shape index (κ2) is 6.00. The third-order valence-electron chi connectivity index (χ3n) is 2.76. The van der Waals surface area contributed by atoms with Crippen LogP contribution in [0.1, 0.15) is 25.7 Å². The van der Waals surface area contributed by atoms with Gasteiger partial charge < -0.3 is 4.90 Å². The van der Waals surface area contributed by atoms with Crippen LogP contribution in [0.5, 0.6) is 0 Å². The van der Waals surface area contributed by atoms with Gasteiger partial charge >= 0.3 is 0 Å². The molecule has 0 spiro atoms. The zero-order chi connectivity index (χ0) is 12.2. The van der Waals surface area contributed by atoms with Crippen LogP contribution in [0.2, 0.25) is 0 Å².